The Morgan fingerprint density at radius 2 is 1.67 bits per heavy atom. The van der Waals surface area contributed by atoms with Crippen LogP contribution in [0.4, 0.5) is 14.5 Å². The second kappa shape index (κ2) is 7.38. The van der Waals surface area contributed by atoms with Gasteiger partial charge in [0, 0.05) is 32.2 Å². The minimum Gasteiger partial charge on any atom is -0.366 e. The number of halogens is 4. The van der Waals surface area contributed by atoms with E-state index in [1.165, 1.54) is 12.1 Å². The first-order valence-electron chi connectivity index (χ1n) is 5.10. The van der Waals surface area contributed by atoms with Crippen LogP contribution in [0.2, 0.25) is 0 Å². The van der Waals surface area contributed by atoms with Crippen LogP contribution in [0, 0.1) is 11.6 Å². The Balaban J connectivity index is 0.00000144. The lowest BCUT2D eigenvalue weighted by Gasteiger charge is -2.34. The number of nitrogens with zero attached hydrogens (tertiary/aromatic N) is 2. The van der Waals surface area contributed by atoms with Crippen molar-refractivity contribution in [3.63, 3.8) is 0 Å². The van der Waals surface area contributed by atoms with E-state index in [9.17, 15) is 13.6 Å². The molecule has 2 rings (SSSR count). The molecule has 0 spiro atoms. The molecule has 1 amide bonds. The van der Waals surface area contributed by atoms with Crippen molar-refractivity contribution in [1.29, 1.82) is 0 Å². The average molecular weight is 299 g/mol. The molecule has 0 atom stereocenters. The molecule has 1 fully saturated rings. The molecule has 1 aromatic rings. The zero-order valence-electron chi connectivity index (χ0n) is 9.51. The molecular weight excluding hydrogens is 285 g/mol. The fourth-order valence-electron chi connectivity index (χ4n) is 1.81. The van der Waals surface area contributed by atoms with Crippen LogP contribution in [0.1, 0.15) is 0 Å². The Bertz CT molecular complexity index is 399. The van der Waals surface area contributed by atoms with E-state index in [0.29, 0.717) is 31.9 Å². The third kappa shape index (κ3) is 3.71. The van der Waals surface area contributed by atoms with Gasteiger partial charge in [0.15, 0.2) is 0 Å². The number of hydrogen-bond acceptors (Lipinski definition) is 2. The van der Waals surface area contributed by atoms with Gasteiger partial charge in [0.05, 0.1) is 5.69 Å². The van der Waals surface area contributed by atoms with Crippen LogP contribution in [0.25, 0.3) is 0 Å². The summed E-state index contributed by atoms with van der Waals surface area (Å²) in [5, 5.41) is 0. The molecule has 102 valence electrons. The SMILES string of the molecule is Cl.Cl.O=CN1CCN(c2ccc(F)cc2F)CC1. The van der Waals surface area contributed by atoms with Crippen molar-refractivity contribution in [2.75, 3.05) is 31.1 Å². The highest BCUT2D eigenvalue weighted by molar-refractivity contribution is 5.85. The van der Waals surface area contributed by atoms with Crippen LogP contribution in [0.3, 0.4) is 0 Å². The van der Waals surface area contributed by atoms with Crippen molar-refractivity contribution >= 4 is 36.9 Å². The first kappa shape index (κ1) is 16.9. The maximum atomic E-state index is 13.4. The van der Waals surface area contributed by atoms with E-state index in [1.807, 2.05) is 4.90 Å². The summed E-state index contributed by atoms with van der Waals surface area (Å²) in [5.41, 5.74) is 0.395. The van der Waals surface area contributed by atoms with Gasteiger partial charge in [-0.1, -0.05) is 0 Å². The molecule has 1 aliphatic rings. The number of hydrogen-bond donors (Lipinski definition) is 0. The van der Waals surface area contributed by atoms with E-state index >= 15 is 0 Å². The number of rotatable bonds is 2. The molecule has 0 bridgehead atoms. The summed E-state index contributed by atoms with van der Waals surface area (Å²) in [7, 11) is 0. The van der Waals surface area contributed by atoms with Gasteiger partial charge >= 0.3 is 0 Å². The van der Waals surface area contributed by atoms with E-state index in [2.05, 4.69) is 0 Å². The molecular formula is C11H14Cl2F2N2O. The second-order valence-electron chi connectivity index (χ2n) is 3.72. The zero-order chi connectivity index (χ0) is 11.5. The largest absolute Gasteiger partial charge is 0.366 e. The van der Waals surface area contributed by atoms with Gasteiger partial charge < -0.3 is 9.80 Å². The summed E-state index contributed by atoms with van der Waals surface area (Å²) in [6.07, 6.45) is 0.790. The summed E-state index contributed by atoms with van der Waals surface area (Å²) in [4.78, 5) is 13.9. The van der Waals surface area contributed by atoms with Crippen molar-refractivity contribution in [3.8, 4) is 0 Å². The third-order valence-corrected chi connectivity index (χ3v) is 2.71. The quantitative estimate of drug-likeness (QED) is 0.781. The molecule has 1 saturated heterocycles. The number of anilines is 1. The smallest absolute Gasteiger partial charge is 0.209 e. The topological polar surface area (TPSA) is 23.6 Å². The zero-order valence-corrected chi connectivity index (χ0v) is 11.1. The van der Waals surface area contributed by atoms with E-state index in [1.54, 1.807) is 4.90 Å². The fraction of sp³-hybridized carbons (Fsp3) is 0.364. The molecule has 0 N–H and O–H groups in total. The van der Waals surface area contributed by atoms with Crippen molar-refractivity contribution < 1.29 is 13.6 Å². The maximum Gasteiger partial charge on any atom is 0.209 e. The highest BCUT2D eigenvalue weighted by Crippen LogP contribution is 2.21. The lowest BCUT2D eigenvalue weighted by molar-refractivity contribution is -0.118. The normalized spacial score (nSPS) is 14.6. The monoisotopic (exact) mass is 298 g/mol. The Morgan fingerprint density at radius 1 is 1.06 bits per heavy atom. The highest BCUT2D eigenvalue weighted by Gasteiger charge is 2.18. The summed E-state index contributed by atoms with van der Waals surface area (Å²) in [6.45, 7) is 2.28. The average Bonchev–Trinajstić information content (AvgIpc) is 2.29. The molecule has 7 heteroatoms. The Hall–Kier alpha value is -1.07. The van der Waals surface area contributed by atoms with Crippen LogP contribution >= 0.6 is 24.8 Å². The molecule has 3 nitrogen and oxygen atoms in total. The highest BCUT2D eigenvalue weighted by atomic mass is 35.5. The van der Waals surface area contributed by atoms with Crippen molar-refractivity contribution in [1.82, 2.24) is 4.90 Å². The lowest BCUT2D eigenvalue weighted by Crippen LogP contribution is -2.46. The van der Waals surface area contributed by atoms with E-state index in [0.717, 1.165) is 12.5 Å². The number of amides is 1. The predicted octanol–water partition coefficient (Wildman–Crippen LogP) is 2.09. The lowest BCUT2D eigenvalue weighted by atomic mass is 10.2. The molecule has 1 aromatic carbocycles. The predicted molar refractivity (Wildman–Crippen MR) is 70.7 cm³/mol. The molecule has 0 aromatic heterocycles. The van der Waals surface area contributed by atoms with Crippen molar-refractivity contribution in [2.45, 2.75) is 0 Å². The van der Waals surface area contributed by atoms with Gasteiger partial charge in [-0.05, 0) is 12.1 Å². The summed E-state index contributed by atoms with van der Waals surface area (Å²) < 4.78 is 26.2. The molecule has 0 radical (unpaired) electrons. The second-order valence-corrected chi connectivity index (χ2v) is 3.72. The summed E-state index contributed by atoms with van der Waals surface area (Å²) in [5.74, 6) is -1.13. The summed E-state index contributed by atoms with van der Waals surface area (Å²) in [6, 6.07) is 3.55. The molecule has 18 heavy (non-hydrogen) atoms. The number of benzene rings is 1. The summed E-state index contributed by atoms with van der Waals surface area (Å²) >= 11 is 0. The fourth-order valence-corrected chi connectivity index (χ4v) is 1.81. The first-order valence-corrected chi connectivity index (χ1v) is 5.10. The van der Waals surface area contributed by atoms with E-state index in [4.69, 9.17) is 0 Å². The van der Waals surface area contributed by atoms with Gasteiger partial charge in [0.25, 0.3) is 0 Å². The minimum absolute atomic E-state index is 0. The van der Waals surface area contributed by atoms with Gasteiger partial charge in [0.1, 0.15) is 11.6 Å². The van der Waals surface area contributed by atoms with Crippen molar-refractivity contribution in [3.05, 3.63) is 29.8 Å². The number of carbonyl (C=O) groups is 1. The van der Waals surface area contributed by atoms with Gasteiger partial charge in [0.2, 0.25) is 6.41 Å². The Morgan fingerprint density at radius 3 is 2.17 bits per heavy atom. The number of piperazine rings is 1. The maximum absolute atomic E-state index is 13.4. The third-order valence-electron chi connectivity index (χ3n) is 2.71. The van der Waals surface area contributed by atoms with Gasteiger partial charge in [-0.15, -0.1) is 24.8 Å². The molecule has 0 unspecified atom stereocenters. The Labute approximate surface area is 117 Å². The van der Waals surface area contributed by atoms with Gasteiger partial charge in [-0.25, -0.2) is 8.78 Å². The molecule has 1 heterocycles. The van der Waals surface area contributed by atoms with Crippen LogP contribution in [-0.2, 0) is 4.79 Å². The molecule has 0 saturated carbocycles. The minimum atomic E-state index is -0.576. The van der Waals surface area contributed by atoms with E-state index < -0.39 is 11.6 Å². The van der Waals surface area contributed by atoms with Gasteiger partial charge in [-0.2, -0.15) is 0 Å². The van der Waals surface area contributed by atoms with Gasteiger partial charge in [-0.3, -0.25) is 4.79 Å². The van der Waals surface area contributed by atoms with Crippen LogP contribution < -0.4 is 4.90 Å². The standard InChI is InChI=1S/C11H12F2N2O.2ClH/c12-9-1-2-11(10(13)7-9)15-5-3-14(8-16)4-6-15;;/h1-2,7-8H,3-6H2;2*1H. The first-order chi connectivity index (χ1) is 7.70. The Kier molecular flexibility index (Phi) is 6.94. The van der Waals surface area contributed by atoms with Crippen molar-refractivity contribution in [2.24, 2.45) is 0 Å². The van der Waals surface area contributed by atoms with Crippen LogP contribution in [-0.4, -0.2) is 37.5 Å². The van der Waals surface area contributed by atoms with E-state index in [-0.39, 0.29) is 24.8 Å². The van der Waals surface area contributed by atoms with Crippen LogP contribution in [0.5, 0.6) is 0 Å². The molecule has 0 aliphatic carbocycles. The van der Waals surface area contributed by atoms with Crippen LogP contribution in [0.15, 0.2) is 18.2 Å². The number of carbonyl (C=O) groups excluding carboxylic acids is 1. The molecule has 1 aliphatic heterocycles.